The van der Waals surface area contributed by atoms with Crippen LogP contribution in [-0.4, -0.2) is 42.5 Å². The van der Waals surface area contributed by atoms with Gasteiger partial charge in [0, 0.05) is 30.0 Å². The third-order valence-corrected chi connectivity index (χ3v) is 7.45. The SMILES string of the molecule is CC(=O)c1c(C)[nH]c(C(=O)Nc2ccc(S(=O)(=O)N3CC(C)CC(C)C3)cc2)c1C. The van der Waals surface area contributed by atoms with E-state index in [1.807, 2.05) is 0 Å². The van der Waals surface area contributed by atoms with Crippen LogP contribution in [0.25, 0.3) is 0 Å². The molecular formula is C22H29N3O4S. The maximum Gasteiger partial charge on any atom is 0.272 e. The number of nitrogens with zero attached hydrogens (tertiary/aromatic N) is 1. The van der Waals surface area contributed by atoms with Gasteiger partial charge in [0.1, 0.15) is 5.69 Å². The topological polar surface area (TPSA) is 99.3 Å². The lowest BCUT2D eigenvalue weighted by molar-refractivity contribution is 0.101. The van der Waals surface area contributed by atoms with E-state index in [1.165, 1.54) is 19.1 Å². The third kappa shape index (κ3) is 4.34. The Morgan fingerprint density at radius 1 is 1.07 bits per heavy atom. The van der Waals surface area contributed by atoms with Crippen LogP contribution in [0.4, 0.5) is 5.69 Å². The fourth-order valence-electron chi connectivity index (χ4n) is 4.36. The first-order chi connectivity index (χ1) is 14.0. The lowest BCUT2D eigenvalue weighted by Gasteiger charge is -2.34. The molecule has 0 aliphatic carbocycles. The zero-order chi connectivity index (χ0) is 22.2. The number of sulfonamides is 1. The first-order valence-corrected chi connectivity index (χ1v) is 11.6. The molecule has 30 heavy (non-hydrogen) atoms. The van der Waals surface area contributed by atoms with Gasteiger partial charge >= 0.3 is 0 Å². The van der Waals surface area contributed by atoms with Crippen LogP contribution in [-0.2, 0) is 10.0 Å². The molecule has 0 radical (unpaired) electrons. The average Bonchev–Trinajstić information content (AvgIpc) is 2.96. The number of carbonyl (C=O) groups excluding carboxylic acids is 2. The summed E-state index contributed by atoms with van der Waals surface area (Å²) in [7, 11) is -3.57. The Morgan fingerprint density at radius 3 is 2.13 bits per heavy atom. The second-order valence-corrected chi connectivity index (χ2v) is 10.4. The number of aromatic amines is 1. The van der Waals surface area contributed by atoms with E-state index in [1.54, 1.807) is 30.3 Å². The van der Waals surface area contributed by atoms with Crippen molar-refractivity contribution in [2.45, 2.75) is 45.9 Å². The van der Waals surface area contributed by atoms with Gasteiger partial charge in [-0.25, -0.2) is 8.42 Å². The number of aryl methyl sites for hydroxylation is 1. The molecule has 2 atom stereocenters. The number of hydrogen-bond donors (Lipinski definition) is 2. The molecule has 1 aliphatic rings. The monoisotopic (exact) mass is 431 g/mol. The number of nitrogens with one attached hydrogen (secondary N) is 2. The van der Waals surface area contributed by atoms with Crippen LogP contribution in [0, 0.1) is 25.7 Å². The van der Waals surface area contributed by atoms with Crippen molar-refractivity contribution >= 4 is 27.4 Å². The molecular weight excluding hydrogens is 402 g/mol. The molecule has 2 unspecified atom stereocenters. The van der Waals surface area contributed by atoms with Gasteiger partial charge in [0.05, 0.1) is 4.90 Å². The van der Waals surface area contributed by atoms with Crippen molar-refractivity contribution in [3.8, 4) is 0 Å². The Kier molecular flexibility index (Phi) is 6.19. The summed E-state index contributed by atoms with van der Waals surface area (Å²) in [6.07, 6.45) is 1.03. The van der Waals surface area contributed by atoms with E-state index in [4.69, 9.17) is 0 Å². The first-order valence-electron chi connectivity index (χ1n) is 10.1. The number of rotatable bonds is 5. The summed E-state index contributed by atoms with van der Waals surface area (Å²) < 4.78 is 27.5. The van der Waals surface area contributed by atoms with Crippen molar-refractivity contribution in [2.75, 3.05) is 18.4 Å². The molecule has 2 aromatic rings. The Morgan fingerprint density at radius 2 is 1.63 bits per heavy atom. The molecule has 2 heterocycles. The summed E-state index contributed by atoms with van der Waals surface area (Å²) in [4.78, 5) is 27.6. The number of H-pyrrole nitrogens is 1. The summed E-state index contributed by atoms with van der Waals surface area (Å²) in [5, 5.41) is 2.76. The zero-order valence-electron chi connectivity index (χ0n) is 18.1. The van der Waals surface area contributed by atoms with Crippen molar-refractivity contribution < 1.29 is 18.0 Å². The minimum atomic E-state index is -3.57. The number of aromatic nitrogens is 1. The second-order valence-electron chi connectivity index (χ2n) is 8.43. The van der Waals surface area contributed by atoms with Gasteiger partial charge in [0.25, 0.3) is 5.91 Å². The highest BCUT2D eigenvalue weighted by atomic mass is 32.2. The lowest BCUT2D eigenvalue weighted by atomic mass is 9.94. The number of ketones is 1. The fraction of sp³-hybridized carbons (Fsp3) is 0.455. The Hall–Kier alpha value is -2.45. The highest BCUT2D eigenvalue weighted by Gasteiger charge is 2.31. The number of anilines is 1. The van der Waals surface area contributed by atoms with Crippen LogP contribution in [0.2, 0.25) is 0 Å². The van der Waals surface area contributed by atoms with Crippen LogP contribution in [0.5, 0.6) is 0 Å². The molecule has 1 saturated heterocycles. The molecule has 3 rings (SSSR count). The average molecular weight is 432 g/mol. The summed E-state index contributed by atoms with van der Waals surface area (Å²) in [5.41, 5.74) is 2.58. The number of hydrogen-bond acceptors (Lipinski definition) is 4. The van der Waals surface area contributed by atoms with Crippen LogP contribution >= 0.6 is 0 Å². The van der Waals surface area contributed by atoms with Crippen LogP contribution in [0.15, 0.2) is 29.2 Å². The highest BCUT2D eigenvalue weighted by Crippen LogP contribution is 2.27. The highest BCUT2D eigenvalue weighted by molar-refractivity contribution is 7.89. The molecule has 1 aliphatic heterocycles. The maximum atomic E-state index is 13.0. The summed E-state index contributed by atoms with van der Waals surface area (Å²) in [5.74, 6) is 0.178. The molecule has 1 fully saturated rings. The van der Waals surface area contributed by atoms with E-state index in [-0.39, 0.29) is 16.6 Å². The van der Waals surface area contributed by atoms with Gasteiger partial charge in [-0.1, -0.05) is 13.8 Å². The van der Waals surface area contributed by atoms with Crippen molar-refractivity contribution in [1.82, 2.24) is 9.29 Å². The van der Waals surface area contributed by atoms with Crippen molar-refractivity contribution in [3.63, 3.8) is 0 Å². The third-order valence-electron chi connectivity index (χ3n) is 5.60. The first kappa shape index (κ1) is 22.2. The van der Waals surface area contributed by atoms with Crippen molar-refractivity contribution in [2.24, 2.45) is 11.8 Å². The maximum absolute atomic E-state index is 13.0. The minimum Gasteiger partial charge on any atom is -0.354 e. The van der Waals surface area contributed by atoms with Crippen LogP contribution in [0.1, 0.15) is 59.3 Å². The van der Waals surface area contributed by atoms with Gasteiger partial charge in [-0.15, -0.1) is 0 Å². The van der Waals surface area contributed by atoms with E-state index >= 15 is 0 Å². The fourth-order valence-corrected chi connectivity index (χ4v) is 6.04. The van der Waals surface area contributed by atoms with Gasteiger partial charge in [0.2, 0.25) is 10.0 Å². The molecule has 0 bridgehead atoms. The molecule has 1 amide bonds. The predicted octanol–water partition coefficient (Wildman–Crippen LogP) is 3.75. The molecule has 0 saturated carbocycles. The van der Waals surface area contributed by atoms with Crippen molar-refractivity contribution in [1.29, 1.82) is 0 Å². The summed E-state index contributed by atoms with van der Waals surface area (Å²) >= 11 is 0. The largest absolute Gasteiger partial charge is 0.354 e. The lowest BCUT2D eigenvalue weighted by Crippen LogP contribution is -2.42. The van der Waals surface area contributed by atoms with Crippen LogP contribution < -0.4 is 5.32 Å². The Bertz CT molecular complexity index is 1060. The number of carbonyl (C=O) groups is 2. The Labute approximate surface area is 177 Å². The number of piperidine rings is 1. The van der Waals surface area contributed by atoms with Crippen LogP contribution in [0.3, 0.4) is 0 Å². The van der Waals surface area contributed by atoms with E-state index in [0.29, 0.717) is 53.1 Å². The standard InChI is InChI=1S/C22H29N3O4S/c1-13-10-14(2)12-25(11-13)30(28,29)19-8-6-18(7-9-19)24-22(27)21-15(3)20(17(5)26)16(4)23-21/h6-9,13-14,23H,10-12H2,1-5H3,(H,24,27). The minimum absolute atomic E-state index is 0.101. The van der Waals surface area contributed by atoms with E-state index in [2.05, 4.69) is 24.1 Å². The van der Waals surface area contributed by atoms with Gasteiger partial charge in [-0.3, -0.25) is 9.59 Å². The molecule has 162 valence electrons. The van der Waals surface area contributed by atoms with Gasteiger partial charge in [-0.05, 0) is 68.9 Å². The molecule has 7 nitrogen and oxygen atoms in total. The number of amides is 1. The summed E-state index contributed by atoms with van der Waals surface area (Å²) in [6.45, 7) is 10.1. The summed E-state index contributed by atoms with van der Waals surface area (Å²) in [6, 6.07) is 6.20. The van der Waals surface area contributed by atoms with Crippen molar-refractivity contribution in [3.05, 3.63) is 46.8 Å². The van der Waals surface area contributed by atoms with E-state index in [9.17, 15) is 18.0 Å². The smallest absolute Gasteiger partial charge is 0.272 e. The number of benzene rings is 1. The molecule has 2 N–H and O–H groups in total. The molecule has 0 spiro atoms. The quantitative estimate of drug-likeness (QED) is 0.704. The normalized spacial score (nSPS) is 20.2. The molecule has 1 aromatic carbocycles. The van der Waals surface area contributed by atoms with Gasteiger partial charge in [-0.2, -0.15) is 4.31 Å². The Balaban J connectivity index is 1.77. The van der Waals surface area contributed by atoms with E-state index < -0.39 is 10.0 Å². The zero-order valence-corrected chi connectivity index (χ0v) is 18.9. The molecule has 1 aromatic heterocycles. The number of Topliss-reactive ketones (excluding diaryl/α,β-unsaturated/α-hetero) is 1. The van der Waals surface area contributed by atoms with E-state index in [0.717, 1.165) is 6.42 Å². The molecule has 8 heteroatoms. The predicted molar refractivity (Wildman–Crippen MR) is 116 cm³/mol. The second kappa shape index (κ2) is 8.35. The van der Waals surface area contributed by atoms with Gasteiger partial charge in [0.15, 0.2) is 5.78 Å². The van der Waals surface area contributed by atoms with Gasteiger partial charge < -0.3 is 10.3 Å².